The van der Waals surface area contributed by atoms with Crippen LogP contribution in [0.5, 0.6) is 0 Å². The topological polar surface area (TPSA) is 70.7 Å². The molecule has 0 fully saturated rings. The van der Waals surface area contributed by atoms with Crippen molar-refractivity contribution < 1.29 is 4.79 Å². The van der Waals surface area contributed by atoms with Crippen molar-refractivity contribution in [3.05, 3.63) is 40.1 Å². The molecule has 5 nitrogen and oxygen atoms in total. The van der Waals surface area contributed by atoms with Crippen molar-refractivity contribution >= 4 is 34.8 Å². The van der Waals surface area contributed by atoms with E-state index in [2.05, 4.69) is 20.7 Å². The molecule has 0 saturated heterocycles. The van der Waals surface area contributed by atoms with Crippen LogP contribution in [-0.2, 0) is 0 Å². The van der Waals surface area contributed by atoms with Gasteiger partial charge in [0.05, 0.1) is 21.9 Å². The van der Waals surface area contributed by atoms with Crippen molar-refractivity contribution in [1.82, 2.24) is 15.4 Å². The van der Waals surface area contributed by atoms with Gasteiger partial charge in [-0.2, -0.15) is 15.4 Å². The number of benzene rings is 1. The number of anilines is 1. The molecule has 1 aromatic carbocycles. The quantitative estimate of drug-likeness (QED) is 0.867. The highest BCUT2D eigenvalue weighted by Gasteiger charge is 2.12. The minimum atomic E-state index is -0.427. The molecule has 0 bridgehead atoms. The van der Waals surface area contributed by atoms with Gasteiger partial charge in [-0.1, -0.05) is 29.3 Å². The first-order valence-corrected chi connectivity index (χ1v) is 5.05. The van der Waals surface area contributed by atoms with Gasteiger partial charge >= 0.3 is 0 Å². The second-order valence-electron chi connectivity index (χ2n) is 2.91. The Bertz CT molecular complexity index is 492. The number of nitrogens with one attached hydrogen (secondary N) is 2. The molecule has 0 radical (unpaired) electrons. The van der Waals surface area contributed by atoms with Gasteiger partial charge < -0.3 is 5.32 Å². The lowest BCUT2D eigenvalue weighted by Crippen LogP contribution is -2.13. The summed E-state index contributed by atoms with van der Waals surface area (Å²) < 4.78 is 0. The van der Waals surface area contributed by atoms with Crippen LogP contribution in [0.4, 0.5) is 5.69 Å². The molecule has 16 heavy (non-hydrogen) atoms. The van der Waals surface area contributed by atoms with Crippen molar-refractivity contribution in [2.75, 3.05) is 5.32 Å². The van der Waals surface area contributed by atoms with E-state index in [1.807, 2.05) is 0 Å². The number of H-pyrrole nitrogens is 1. The standard InChI is InChI=1S/C9H6Cl2N4O/c10-5-2-1-3-6(11)8(5)13-9(16)7-4-12-15-14-7/h1-4H,(H,13,16)(H,12,14,15). The molecule has 0 aliphatic heterocycles. The minimum Gasteiger partial charge on any atom is -0.318 e. The molecule has 0 aliphatic carbocycles. The van der Waals surface area contributed by atoms with Gasteiger partial charge in [0, 0.05) is 0 Å². The van der Waals surface area contributed by atoms with E-state index in [-0.39, 0.29) is 5.69 Å². The Balaban J connectivity index is 2.25. The molecule has 1 aromatic heterocycles. The third-order valence-electron chi connectivity index (χ3n) is 1.85. The van der Waals surface area contributed by atoms with E-state index in [1.54, 1.807) is 18.2 Å². The Hall–Kier alpha value is -1.59. The summed E-state index contributed by atoms with van der Waals surface area (Å²) in [6.45, 7) is 0. The van der Waals surface area contributed by atoms with Crippen LogP contribution in [-0.4, -0.2) is 21.3 Å². The summed E-state index contributed by atoms with van der Waals surface area (Å²) in [6.07, 6.45) is 1.31. The first kappa shape index (κ1) is 10.9. The fraction of sp³-hybridized carbons (Fsp3) is 0. The van der Waals surface area contributed by atoms with E-state index in [4.69, 9.17) is 23.2 Å². The number of rotatable bonds is 2. The molecule has 0 saturated carbocycles. The number of hydrogen-bond acceptors (Lipinski definition) is 3. The molecule has 82 valence electrons. The zero-order chi connectivity index (χ0) is 11.5. The number of halogens is 2. The lowest BCUT2D eigenvalue weighted by atomic mass is 10.3. The van der Waals surface area contributed by atoms with Crippen molar-refractivity contribution in [3.63, 3.8) is 0 Å². The Morgan fingerprint density at radius 2 is 2.00 bits per heavy atom. The van der Waals surface area contributed by atoms with Crippen molar-refractivity contribution in [1.29, 1.82) is 0 Å². The van der Waals surface area contributed by atoms with Gasteiger partial charge in [-0.3, -0.25) is 4.79 Å². The summed E-state index contributed by atoms with van der Waals surface area (Å²) >= 11 is 11.8. The van der Waals surface area contributed by atoms with Crippen LogP contribution in [0.1, 0.15) is 10.5 Å². The summed E-state index contributed by atoms with van der Waals surface area (Å²) in [4.78, 5) is 11.6. The maximum atomic E-state index is 11.6. The highest BCUT2D eigenvalue weighted by molar-refractivity contribution is 6.39. The van der Waals surface area contributed by atoms with Crippen LogP contribution in [0.25, 0.3) is 0 Å². The predicted molar refractivity (Wildman–Crippen MR) is 60.8 cm³/mol. The largest absolute Gasteiger partial charge is 0.318 e. The first-order valence-electron chi connectivity index (χ1n) is 4.29. The third-order valence-corrected chi connectivity index (χ3v) is 2.48. The van der Waals surface area contributed by atoms with Gasteiger partial charge in [0.25, 0.3) is 5.91 Å². The SMILES string of the molecule is O=C(Nc1c(Cl)cccc1Cl)c1cn[nH]n1. The Morgan fingerprint density at radius 3 is 2.56 bits per heavy atom. The molecule has 1 heterocycles. The molecule has 0 unspecified atom stereocenters. The van der Waals surface area contributed by atoms with Gasteiger partial charge in [0.15, 0.2) is 5.69 Å². The van der Waals surface area contributed by atoms with E-state index in [1.165, 1.54) is 6.20 Å². The minimum absolute atomic E-state index is 0.163. The van der Waals surface area contributed by atoms with Gasteiger partial charge in [0.2, 0.25) is 0 Å². The molecule has 0 spiro atoms. The number of aromatic nitrogens is 3. The third kappa shape index (κ3) is 2.15. The molecule has 1 amide bonds. The molecule has 0 atom stereocenters. The highest BCUT2D eigenvalue weighted by atomic mass is 35.5. The van der Waals surface area contributed by atoms with Crippen LogP contribution in [0.2, 0.25) is 10.0 Å². The number of aromatic amines is 1. The summed E-state index contributed by atoms with van der Waals surface area (Å²) in [5.41, 5.74) is 0.523. The summed E-state index contributed by atoms with van der Waals surface area (Å²) in [5.74, 6) is -0.427. The fourth-order valence-corrected chi connectivity index (χ4v) is 1.60. The zero-order valence-electron chi connectivity index (χ0n) is 7.87. The Kier molecular flexibility index (Phi) is 3.07. The number of para-hydroxylation sites is 1. The van der Waals surface area contributed by atoms with Crippen molar-refractivity contribution in [3.8, 4) is 0 Å². The average molecular weight is 257 g/mol. The van der Waals surface area contributed by atoms with E-state index in [0.29, 0.717) is 15.7 Å². The molecule has 0 aliphatic rings. The summed E-state index contributed by atoms with van der Waals surface area (Å²) in [6, 6.07) is 4.95. The number of carbonyl (C=O) groups excluding carboxylic acids is 1. The fourth-order valence-electron chi connectivity index (χ4n) is 1.11. The maximum Gasteiger partial charge on any atom is 0.277 e. The normalized spacial score (nSPS) is 10.1. The van der Waals surface area contributed by atoms with Gasteiger partial charge in [-0.05, 0) is 12.1 Å². The van der Waals surface area contributed by atoms with Crippen LogP contribution in [0, 0.1) is 0 Å². The van der Waals surface area contributed by atoms with Crippen molar-refractivity contribution in [2.45, 2.75) is 0 Å². The number of hydrogen-bond donors (Lipinski definition) is 2. The monoisotopic (exact) mass is 256 g/mol. The Morgan fingerprint density at radius 1 is 1.31 bits per heavy atom. The number of nitrogens with zero attached hydrogens (tertiary/aromatic N) is 2. The highest BCUT2D eigenvalue weighted by Crippen LogP contribution is 2.29. The van der Waals surface area contributed by atoms with E-state index in [0.717, 1.165) is 0 Å². The summed E-state index contributed by atoms with van der Waals surface area (Å²) in [5, 5.41) is 12.8. The van der Waals surface area contributed by atoms with Crippen molar-refractivity contribution in [2.24, 2.45) is 0 Å². The van der Waals surface area contributed by atoms with Crippen LogP contribution >= 0.6 is 23.2 Å². The predicted octanol–water partition coefficient (Wildman–Crippen LogP) is 2.36. The lowest BCUT2D eigenvalue weighted by Gasteiger charge is -2.06. The van der Waals surface area contributed by atoms with Gasteiger partial charge in [-0.15, -0.1) is 0 Å². The second kappa shape index (κ2) is 4.51. The molecular formula is C9H6Cl2N4O. The lowest BCUT2D eigenvalue weighted by molar-refractivity contribution is 0.102. The van der Waals surface area contributed by atoms with E-state index in [9.17, 15) is 4.79 Å². The van der Waals surface area contributed by atoms with Crippen LogP contribution < -0.4 is 5.32 Å². The van der Waals surface area contributed by atoms with Gasteiger partial charge in [-0.25, -0.2) is 0 Å². The smallest absolute Gasteiger partial charge is 0.277 e. The van der Waals surface area contributed by atoms with Crippen LogP contribution in [0.3, 0.4) is 0 Å². The van der Waals surface area contributed by atoms with E-state index < -0.39 is 5.91 Å². The Labute approximate surface area is 101 Å². The maximum absolute atomic E-state index is 11.6. The van der Waals surface area contributed by atoms with Crippen LogP contribution in [0.15, 0.2) is 24.4 Å². The van der Waals surface area contributed by atoms with Gasteiger partial charge in [0.1, 0.15) is 0 Å². The van der Waals surface area contributed by atoms with E-state index >= 15 is 0 Å². The number of carbonyl (C=O) groups is 1. The molecule has 2 N–H and O–H groups in total. The molecule has 2 rings (SSSR count). The zero-order valence-corrected chi connectivity index (χ0v) is 9.38. The molecule has 2 aromatic rings. The summed E-state index contributed by atoms with van der Waals surface area (Å²) in [7, 11) is 0. The molecule has 7 heteroatoms. The second-order valence-corrected chi connectivity index (χ2v) is 3.72. The average Bonchev–Trinajstić information content (AvgIpc) is 2.76. The molecular weight excluding hydrogens is 251 g/mol. The first-order chi connectivity index (χ1) is 7.68. The number of amides is 1.